The zero-order valence-electron chi connectivity index (χ0n) is 15.2. The molecular weight excluding hydrogens is 326 g/mol. The molecule has 0 spiro atoms. The Kier molecular flexibility index (Phi) is 4.42. The van der Waals surface area contributed by atoms with Gasteiger partial charge in [-0.2, -0.15) is 5.10 Å². The number of nitrogens with zero attached hydrogens (tertiary/aromatic N) is 5. The molecule has 0 N–H and O–H groups in total. The summed E-state index contributed by atoms with van der Waals surface area (Å²) in [6.45, 7) is 8.51. The lowest BCUT2D eigenvalue weighted by Crippen LogP contribution is -2.48. The third-order valence-corrected chi connectivity index (χ3v) is 5.00. The predicted octanol–water partition coefficient (Wildman–Crippen LogP) is 2.48. The van der Waals surface area contributed by atoms with Crippen molar-refractivity contribution in [2.45, 2.75) is 13.8 Å². The average Bonchev–Trinajstić information content (AvgIpc) is 3.13. The number of aryl methyl sites for hydroxylation is 1. The van der Waals surface area contributed by atoms with Crippen LogP contribution in [0.3, 0.4) is 0 Å². The summed E-state index contributed by atoms with van der Waals surface area (Å²) in [5, 5.41) is 4.64. The third kappa shape index (κ3) is 3.08. The van der Waals surface area contributed by atoms with Crippen LogP contribution in [0.15, 0.2) is 42.5 Å². The molecule has 1 fully saturated rings. The molecule has 3 aromatic rings. The molecule has 1 aliphatic heterocycles. The van der Waals surface area contributed by atoms with E-state index in [1.54, 1.807) is 4.52 Å². The van der Waals surface area contributed by atoms with Crippen LogP contribution in [0.25, 0.3) is 16.9 Å². The number of rotatable bonds is 3. The molecule has 134 valence electrons. The van der Waals surface area contributed by atoms with Crippen molar-refractivity contribution in [3.05, 3.63) is 53.9 Å². The normalized spacial score (nSPS) is 15.5. The SMILES string of the molecule is CCN1CCN(C(=O)c2cc(C)n3nc(-c4ccccc4)cc3n2)CC1. The number of hydrogen-bond donors (Lipinski definition) is 0. The maximum absolute atomic E-state index is 12.9. The average molecular weight is 349 g/mol. The minimum atomic E-state index is 0.00816. The zero-order valence-corrected chi connectivity index (χ0v) is 15.2. The van der Waals surface area contributed by atoms with Crippen molar-refractivity contribution in [2.24, 2.45) is 0 Å². The number of aromatic nitrogens is 3. The van der Waals surface area contributed by atoms with Crippen molar-refractivity contribution in [3.8, 4) is 11.3 Å². The number of benzene rings is 1. The molecule has 6 heteroatoms. The highest BCUT2D eigenvalue weighted by molar-refractivity contribution is 5.93. The summed E-state index contributed by atoms with van der Waals surface area (Å²) in [4.78, 5) is 21.7. The number of carbonyl (C=O) groups excluding carboxylic acids is 1. The van der Waals surface area contributed by atoms with Gasteiger partial charge in [-0.15, -0.1) is 0 Å². The summed E-state index contributed by atoms with van der Waals surface area (Å²) >= 11 is 0. The quantitative estimate of drug-likeness (QED) is 0.729. The first-order chi connectivity index (χ1) is 12.7. The molecule has 6 nitrogen and oxygen atoms in total. The number of carbonyl (C=O) groups is 1. The molecule has 0 atom stereocenters. The standard InChI is InChI=1S/C20H23N5O/c1-3-23-9-11-24(12-10-23)20(26)18-13-15(2)25-19(21-18)14-17(22-25)16-7-5-4-6-8-16/h4-8,13-14H,3,9-12H2,1-2H3. The van der Waals surface area contributed by atoms with E-state index in [1.807, 2.05) is 54.3 Å². The van der Waals surface area contributed by atoms with E-state index >= 15 is 0 Å². The van der Waals surface area contributed by atoms with E-state index in [0.717, 1.165) is 49.7 Å². The molecular formula is C20H23N5O. The Balaban J connectivity index is 1.63. The molecule has 4 rings (SSSR count). The Morgan fingerprint density at radius 2 is 1.81 bits per heavy atom. The molecule has 0 aliphatic carbocycles. The Labute approximate surface area is 153 Å². The van der Waals surface area contributed by atoms with E-state index in [9.17, 15) is 4.79 Å². The highest BCUT2D eigenvalue weighted by atomic mass is 16.2. The lowest BCUT2D eigenvalue weighted by Gasteiger charge is -2.33. The lowest BCUT2D eigenvalue weighted by molar-refractivity contribution is 0.0637. The Bertz CT molecular complexity index is 926. The Hall–Kier alpha value is -2.73. The minimum absolute atomic E-state index is 0.00816. The fourth-order valence-electron chi connectivity index (χ4n) is 3.41. The van der Waals surface area contributed by atoms with Crippen molar-refractivity contribution in [1.29, 1.82) is 0 Å². The van der Waals surface area contributed by atoms with E-state index in [1.165, 1.54) is 0 Å². The Morgan fingerprint density at radius 1 is 1.08 bits per heavy atom. The van der Waals surface area contributed by atoms with Gasteiger partial charge in [0.05, 0.1) is 5.69 Å². The van der Waals surface area contributed by atoms with Gasteiger partial charge in [0.1, 0.15) is 5.69 Å². The molecule has 1 amide bonds. The van der Waals surface area contributed by atoms with Gasteiger partial charge in [-0.05, 0) is 19.5 Å². The van der Waals surface area contributed by atoms with E-state index < -0.39 is 0 Å². The van der Waals surface area contributed by atoms with Crippen molar-refractivity contribution in [2.75, 3.05) is 32.7 Å². The van der Waals surface area contributed by atoms with Gasteiger partial charge in [-0.1, -0.05) is 37.3 Å². The predicted molar refractivity (Wildman–Crippen MR) is 101 cm³/mol. The van der Waals surface area contributed by atoms with Crippen molar-refractivity contribution in [1.82, 2.24) is 24.4 Å². The maximum atomic E-state index is 12.9. The first-order valence-electron chi connectivity index (χ1n) is 9.10. The van der Waals surface area contributed by atoms with Crippen LogP contribution >= 0.6 is 0 Å². The highest BCUT2D eigenvalue weighted by Gasteiger charge is 2.23. The molecule has 0 bridgehead atoms. The van der Waals surface area contributed by atoms with Crippen LogP contribution in [-0.4, -0.2) is 63.0 Å². The number of fused-ring (bicyclic) bond motifs is 1. The molecule has 2 aromatic heterocycles. The number of likely N-dealkylation sites (N-methyl/N-ethyl adjacent to an activating group) is 1. The van der Waals surface area contributed by atoms with Crippen LogP contribution < -0.4 is 0 Å². The fraction of sp³-hybridized carbons (Fsp3) is 0.350. The van der Waals surface area contributed by atoms with Crippen LogP contribution in [0.1, 0.15) is 23.1 Å². The van der Waals surface area contributed by atoms with Crippen molar-refractivity contribution >= 4 is 11.6 Å². The highest BCUT2D eigenvalue weighted by Crippen LogP contribution is 2.20. The molecule has 3 heterocycles. The summed E-state index contributed by atoms with van der Waals surface area (Å²) < 4.78 is 1.80. The molecule has 0 radical (unpaired) electrons. The third-order valence-electron chi connectivity index (χ3n) is 5.00. The number of amides is 1. The molecule has 1 aromatic carbocycles. The second-order valence-electron chi connectivity index (χ2n) is 6.67. The summed E-state index contributed by atoms with van der Waals surface area (Å²) in [6, 6.07) is 13.8. The molecule has 0 saturated carbocycles. The molecule has 1 saturated heterocycles. The summed E-state index contributed by atoms with van der Waals surface area (Å²) in [6.07, 6.45) is 0. The minimum Gasteiger partial charge on any atom is -0.335 e. The smallest absolute Gasteiger partial charge is 0.272 e. The van der Waals surface area contributed by atoms with Gasteiger partial charge in [0.2, 0.25) is 0 Å². The van der Waals surface area contributed by atoms with E-state index in [4.69, 9.17) is 0 Å². The fourth-order valence-corrected chi connectivity index (χ4v) is 3.41. The first-order valence-corrected chi connectivity index (χ1v) is 9.10. The molecule has 1 aliphatic rings. The van der Waals surface area contributed by atoms with Crippen LogP contribution in [0.5, 0.6) is 0 Å². The second kappa shape index (κ2) is 6.88. The summed E-state index contributed by atoms with van der Waals surface area (Å²) in [5.74, 6) is 0.00816. The topological polar surface area (TPSA) is 53.7 Å². The maximum Gasteiger partial charge on any atom is 0.272 e. The van der Waals surface area contributed by atoms with Gasteiger partial charge in [-0.25, -0.2) is 9.50 Å². The molecule has 0 unspecified atom stereocenters. The van der Waals surface area contributed by atoms with Gasteiger partial charge >= 0.3 is 0 Å². The lowest BCUT2D eigenvalue weighted by atomic mass is 10.2. The van der Waals surface area contributed by atoms with Gasteiger partial charge in [0.25, 0.3) is 5.91 Å². The van der Waals surface area contributed by atoms with Crippen LogP contribution in [0, 0.1) is 6.92 Å². The van der Waals surface area contributed by atoms with E-state index in [2.05, 4.69) is 21.9 Å². The van der Waals surface area contributed by atoms with Gasteiger partial charge in [0, 0.05) is 43.5 Å². The van der Waals surface area contributed by atoms with Crippen LogP contribution in [-0.2, 0) is 0 Å². The van der Waals surface area contributed by atoms with Crippen LogP contribution in [0.4, 0.5) is 0 Å². The van der Waals surface area contributed by atoms with Gasteiger partial charge in [0.15, 0.2) is 5.65 Å². The largest absolute Gasteiger partial charge is 0.335 e. The monoisotopic (exact) mass is 349 g/mol. The van der Waals surface area contributed by atoms with Crippen molar-refractivity contribution in [3.63, 3.8) is 0 Å². The van der Waals surface area contributed by atoms with E-state index in [-0.39, 0.29) is 5.91 Å². The summed E-state index contributed by atoms with van der Waals surface area (Å²) in [7, 11) is 0. The van der Waals surface area contributed by atoms with Crippen molar-refractivity contribution < 1.29 is 4.79 Å². The first kappa shape index (κ1) is 16.7. The second-order valence-corrected chi connectivity index (χ2v) is 6.67. The summed E-state index contributed by atoms with van der Waals surface area (Å²) in [5.41, 5.74) is 4.02. The molecule has 26 heavy (non-hydrogen) atoms. The zero-order chi connectivity index (χ0) is 18.1. The number of hydrogen-bond acceptors (Lipinski definition) is 4. The number of piperazine rings is 1. The van der Waals surface area contributed by atoms with Crippen LogP contribution in [0.2, 0.25) is 0 Å². The van der Waals surface area contributed by atoms with E-state index in [0.29, 0.717) is 11.3 Å². The van der Waals surface area contributed by atoms with Gasteiger partial charge < -0.3 is 9.80 Å². The van der Waals surface area contributed by atoms with Gasteiger partial charge in [-0.3, -0.25) is 4.79 Å². The Morgan fingerprint density at radius 3 is 2.50 bits per heavy atom.